The first-order chi connectivity index (χ1) is 13.5. The third-order valence-corrected chi connectivity index (χ3v) is 3.96. The van der Waals surface area contributed by atoms with E-state index in [1.165, 1.54) is 25.4 Å². The zero-order valence-corrected chi connectivity index (χ0v) is 15.2. The second kappa shape index (κ2) is 8.85. The summed E-state index contributed by atoms with van der Waals surface area (Å²) >= 11 is 0. The number of aromatic nitrogens is 2. The van der Waals surface area contributed by atoms with Crippen LogP contribution in [0.3, 0.4) is 0 Å². The van der Waals surface area contributed by atoms with E-state index < -0.39 is 0 Å². The number of hydrogen-bond donors (Lipinski definition) is 1. The maximum absolute atomic E-state index is 13.0. The Bertz CT molecular complexity index is 973. The molecule has 3 aromatic rings. The van der Waals surface area contributed by atoms with Gasteiger partial charge < -0.3 is 10.1 Å². The van der Waals surface area contributed by atoms with Crippen molar-refractivity contribution in [2.75, 3.05) is 6.61 Å². The van der Waals surface area contributed by atoms with Crippen molar-refractivity contribution in [2.24, 2.45) is 0 Å². The average molecular weight is 379 g/mol. The van der Waals surface area contributed by atoms with Crippen molar-refractivity contribution in [2.45, 2.75) is 13.5 Å². The Morgan fingerprint density at radius 2 is 1.75 bits per heavy atom. The molecule has 28 heavy (non-hydrogen) atoms. The predicted molar refractivity (Wildman–Crippen MR) is 101 cm³/mol. The van der Waals surface area contributed by atoms with Gasteiger partial charge in [0.2, 0.25) is 0 Å². The van der Waals surface area contributed by atoms with Crippen LogP contribution in [0.1, 0.15) is 23.0 Å². The van der Waals surface area contributed by atoms with E-state index in [-0.39, 0.29) is 30.7 Å². The Morgan fingerprint density at radius 1 is 1.04 bits per heavy atom. The molecule has 0 bridgehead atoms. The van der Waals surface area contributed by atoms with Crippen LogP contribution in [0, 0.1) is 5.82 Å². The molecule has 6 nitrogen and oxygen atoms in total. The zero-order chi connectivity index (χ0) is 19.9. The SMILES string of the molecule is CC(=O)c1ccc(OCC(=O)NCc2cc(-c3ccc(F)cc3)ncn2)cc1. The molecule has 0 aliphatic rings. The third-order valence-electron chi connectivity index (χ3n) is 3.96. The number of carbonyl (C=O) groups is 2. The first-order valence-corrected chi connectivity index (χ1v) is 8.58. The van der Waals surface area contributed by atoms with Crippen LogP contribution in [0.2, 0.25) is 0 Å². The first kappa shape index (κ1) is 19.2. The van der Waals surface area contributed by atoms with E-state index in [4.69, 9.17) is 4.74 Å². The molecule has 1 heterocycles. The highest BCUT2D eigenvalue weighted by Gasteiger charge is 2.07. The van der Waals surface area contributed by atoms with Crippen molar-refractivity contribution in [1.29, 1.82) is 0 Å². The molecule has 0 atom stereocenters. The Hall–Kier alpha value is -3.61. The van der Waals surface area contributed by atoms with Crippen molar-refractivity contribution in [3.63, 3.8) is 0 Å². The summed E-state index contributed by atoms with van der Waals surface area (Å²) in [6.45, 7) is 1.54. The van der Waals surface area contributed by atoms with E-state index in [2.05, 4.69) is 15.3 Å². The number of ether oxygens (including phenoxy) is 1. The highest BCUT2D eigenvalue weighted by atomic mass is 19.1. The van der Waals surface area contributed by atoms with Crippen LogP contribution in [0.4, 0.5) is 4.39 Å². The normalized spacial score (nSPS) is 10.4. The predicted octanol–water partition coefficient (Wildman–Crippen LogP) is 3.18. The lowest BCUT2D eigenvalue weighted by atomic mass is 10.1. The molecule has 0 unspecified atom stereocenters. The molecular weight excluding hydrogens is 361 g/mol. The van der Waals surface area contributed by atoms with Crippen LogP contribution in [0.15, 0.2) is 60.9 Å². The van der Waals surface area contributed by atoms with E-state index in [0.717, 1.165) is 5.56 Å². The molecule has 0 spiro atoms. The fourth-order valence-corrected chi connectivity index (χ4v) is 2.45. The fraction of sp³-hybridized carbons (Fsp3) is 0.143. The second-order valence-electron chi connectivity index (χ2n) is 6.05. The Labute approximate surface area is 161 Å². The Balaban J connectivity index is 1.52. The standard InChI is InChI=1S/C21H18FN3O3/c1-14(26)15-4-8-19(9-5-15)28-12-21(27)23-11-18-10-20(25-13-24-18)16-2-6-17(22)7-3-16/h2-10,13H,11-12H2,1H3,(H,23,27). The Morgan fingerprint density at radius 3 is 2.43 bits per heavy atom. The molecule has 1 amide bonds. The lowest BCUT2D eigenvalue weighted by molar-refractivity contribution is -0.123. The van der Waals surface area contributed by atoms with Crippen molar-refractivity contribution in [3.05, 3.63) is 78.0 Å². The molecule has 0 radical (unpaired) electrons. The van der Waals surface area contributed by atoms with Crippen LogP contribution in [-0.2, 0) is 11.3 Å². The van der Waals surface area contributed by atoms with Crippen LogP contribution in [0.5, 0.6) is 5.75 Å². The van der Waals surface area contributed by atoms with Crippen molar-refractivity contribution < 1.29 is 18.7 Å². The number of halogens is 1. The molecule has 3 rings (SSSR count). The quantitative estimate of drug-likeness (QED) is 0.638. The van der Waals surface area contributed by atoms with E-state index in [1.807, 2.05) is 0 Å². The maximum Gasteiger partial charge on any atom is 0.258 e. The summed E-state index contributed by atoms with van der Waals surface area (Å²) in [4.78, 5) is 31.5. The summed E-state index contributed by atoms with van der Waals surface area (Å²) < 4.78 is 18.4. The van der Waals surface area contributed by atoms with Crippen LogP contribution >= 0.6 is 0 Å². The highest BCUT2D eigenvalue weighted by molar-refractivity contribution is 5.94. The Kier molecular flexibility index (Phi) is 6.06. The number of Topliss-reactive ketones (excluding diaryl/α,β-unsaturated/α-hetero) is 1. The minimum Gasteiger partial charge on any atom is -0.484 e. The maximum atomic E-state index is 13.0. The van der Waals surface area contributed by atoms with Crippen LogP contribution in [-0.4, -0.2) is 28.3 Å². The molecule has 1 aromatic heterocycles. The lowest BCUT2D eigenvalue weighted by Crippen LogP contribution is -2.28. The van der Waals surface area contributed by atoms with Gasteiger partial charge >= 0.3 is 0 Å². The van der Waals surface area contributed by atoms with Gasteiger partial charge in [-0.25, -0.2) is 14.4 Å². The summed E-state index contributed by atoms with van der Waals surface area (Å²) in [6.07, 6.45) is 1.40. The topological polar surface area (TPSA) is 81.2 Å². The number of hydrogen-bond acceptors (Lipinski definition) is 5. The van der Waals surface area contributed by atoms with E-state index in [1.54, 1.807) is 42.5 Å². The molecule has 0 saturated carbocycles. The third kappa shape index (κ3) is 5.20. The van der Waals surface area contributed by atoms with Gasteiger partial charge in [0, 0.05) is 11.1 Å². The molecule has 0 aliphatic carbocycles. The molecule has 0 fully saturated rings. The van der Waals surface area contributed by atoms with Gasteiger partial charge in [0.15, 0.2) is 12.4 Å². The van der Waals surface area contributed by atoms with Crippen LogP contribution in [0.25, 0.3) is 11.3 Å². The fourth-order valence-electron chi connectivity index (χ4n) is 2.45. The number of benzene rings is 2. The number of nitrogens with zero attached hydrogens (tertiary/aromatic N) is 2. The summed E-state index contributed by atoms with van der Waals surface area (Å²) in [7, 11) is 0. The number of carbonyl (C=O) groups excluding carboxylic acids is 2. The first-order valence-electron chi connectivity index (χ1n) is 8.58. The number of rotatable bonds is 7. The zero-order valence-electron chi connectivity index (χ0n) is 15.2. The van der Waals surface area contributed by atoms with Gasteiger partial charge in [0.1, 0.15) is 17.9 Å². The molecule has 7 heteroatoms. The average Bonchev–Trinajstić information content (AvgIpc) is 2.72. The number of ketones is 1. The van der Waals surface area contributed by atoms with Gasteiger partial charge in [-0.1, -0.05) is 0 Å². The highest BCUT2D eigenvalue weighted by Crippen LogP contribution is 2.17. The second-order valence-corrected chi connectivity index (χ2v) is 6.05. The minimum absolute atomic E-state index is 0.0332. The van der Waals surface area contributed by atoms with Crippen molar-refractivity contribution in [1.82, 2.24) is 15.3 Å². The van der Waals surface area contributed by atoms with Gasteiger partial charge in [0.25, 0.3) is 5.91 Å². The molecule has 0 saturated heterocycles. The number of nitrogens with one attached hydrogen (secondary N) is 1. The lowest BCUT2D eigenvalue weighted by Gasteiger charge is -2.08. The van der Waals surface area contributed by atoms with Gasteiger partial charge in [-0.2, -0.15) is 0 Å². The smallest absolute Gasteiger partial charge is 0.258 e. The van der Waals surface area contributed by atoms with Gasteiger partial charge in [0.05, 0.1) is 17.9 Å². The number of amides is 1. The van der Waals surface area contributed by atoms with E-state index in [0.29, 0.717) is 22.7 Å². The summed E-state index contributed by atoms with van der Waals surface area (Å²) in [5.41, 5.74) is 2.60. The van der Waals surface area contributed by atoms with Crippen molar-refractivity contribution >= 4 is 11.7 Å². The van der Waals surface area contributed by atoms with E-state index >= 15 is 0 Å². The molecule has 142 valence electrons. The summed E-state index contributed by atoms with van der Waals surface area (Å²) in [6, 6.07) is 14.3. The minimum atomic E-state index is -0.318. The molecular formula is C21H18FN3O3. The van der Waals surface area contributed by atoms with Gasteiger partial charge in [-0.3, -0.25) is 9.59 Å². The van der Waals surface area contributed by atoms with E-state index in [9.17, 15) is 14.0 Å². The molecule has 2 aromatic carbocycles. The van der Waals surface area contributed by atoms with Crippen LogP contribution < -0.4 is 10.1 Å². The largest absolute Gasteiger partial charge is 0.484 e. The van der Waals surface area contributed by atoms with Crippen molar-refractivity contribution in [3.8, 4) is 17.0 Å². The van der Waals surface area contributed by atoms with Gasteiger partial charge in [-0.05, 0) is 61.5 Å². The molecule has 1 N–H and O–H groups in total. The monoisotopic (exact) mass is 379 g/mol. The molecule has 0 aliphatic heterocycles. The van der Waals surface area contributed by atoms with Gasteiger partial charge in [-0.15, -0.1) is 0 Å². The summed E-state index contributed by atoms with van der Waals surface area (Å²) in [5, 5.41) is 2.72. The summed E-state index contributed by atoms with van der Waals surface area (Å²) in [5.74, 6) is -0.159.